The molecule has 1 aliphatic carbocycles. The van der Waals surface area contributed by atoms with Gasteiger partial charge in [0.25, 0.3) is 0 Å². The summed E-state index contributed by atoms with van der Waals surface area (Å²) in [6.07, 6.45) is 5.22. The molecule has 0 amide bonds. The molecule has 1 aliphatic rings. The van der Waals surface area contributed by atoms with Crippen LogP contribution in [0.2, 0.25) is 0 Å². The van der Waals surface area contributed by atoms with Gasteiger partial charge in [-0.3, -0.25) is 9.59 Å². The fraction of sp³-hybridized carbons (Fsp3) is 0.556. The monoisotopic (exact) mass is 184 g/mol. The van der Waals surface area contributed by atoms with E-state index in [4.69, 9.17) is 5.11 Å². The molecule has 0 radical (unpaired) electrons. The normalized spacial score (nSPS) is 22.7. The van der Waals surface area contributed by atoms with Crippen LogP contribution in [0.4, 0.5) is 0 Å². The van der Waals surface area contributed by atoms with Crippen molar-refractivity contribution in [2.75, 3.05) is 7.11 Å². The van der Waals surface area contributed by atoms with Crippen molar-refractivity contribution in [3.63, 3.8) is 0 Å². The summed E-state index contributed by atoms with van der Waals surface area (Å²) in [6.45, 7) is 0. The second-order valence-corrected chi connectivity index (χ2v) is 3.01. The van der Waals surface area contributed by atoms with Gasteiger partial charge in [0.15, 0.2) is 5.92 Å². The van der Waals surface area contributed by atoms with E-state index in [0.717, 1.165) is 6.42 Å². The Morgan fingerprint density at radius 2 is 2.31 bits per heavy atom. The first-order valence-electron chi connectivity index (χ1n) is 4.14. The molecule has 0 aromatic rings. The van der Waals surface area contributed by atoms with Crippen LogP contribution in [0.3, 0.4) is 0 Å². The van der Waals surface area contributed by atoms with Crippen LogP contribution < -0.4 is 0 Å². The van der Waals surface area contributed by atoms with Gasteiger partial charge in [-0.1, -0.05) is 12.2 Å². The fourth-order valence-electron chi connectivity index (χ4n) is 1.52. The summed E-state index contributed by atoms with van der Waals surface area (Å²) >= 11 is 0. The quantitative estimate of drug-likeness (QED) is 0.401. The second-order valence-electron chi connectivity index (χ2n) is 3.01. The van der Waals surface area contributed by atoms with Crippen molar-refractivity contribution >= 4 is 11.9 Å². The maximum atomic E-state index is 11.1. The molecule has 0 aliphatic heterocycles. The van der Waals surface area contributed by atoms with E-state index in [0.29, 0.717) is 6.42 Å². The van der Waals surface area contributed by atoms with Gasteiger partial charge in [-0.05, 0) is 12.8 Å². The molecule has 1 unspecified atom stereocenters. The molecule has 1 N–H and O–H groups in total. The van der Waals surface area contributed by atoms with Gasteiger partial charge in [-0.2, -0.15) is 0 Å². The summed E-state index contributed by atoms with van der Waals surface area (Å²) in [5.74, 6) is -3.01. The van der Waals surface area contributed by atoms with Crippen molar-refractivity contribution in [2.45, 2.75) is 12.8 Å². The Bertz CT molecular complexity index is 244. The summed E-state index contributed by atoms with van der Waals surface area (Å²) in [5, 5.41) is 8.80. The Labute approximate surface area is 76.2 Å². The SMILES string of the molecule is COC(=O)C(C(=O)O)[C@H]1C=CCC1. The van der Waals surface area contributed by atoms with Crippen molar-refractivity contribution in [2.24, 2.45) is 11.8 Å². The first-order valence-corrected chi connectivity index (χ1v) is 4.14. The Hall–Kier alpha value is -1.32. The first-order chi connectivity index (χ1) is 6.16. The molecular formula is C9H12O4. The van der Waals surface area contributed by atoms with E-state index in [2.05, 4.69) is 4.74 Å². The molecule has 0 spiro atoms. The predicted molar refractivity (Wildman–Crippen MR) is 45.0 cm³/mol. The lowest BCUT2D eigenvalue weighted by molar-refractivity contribution is -0.158. The van der Waals surface area contributed by atoms with Crippen molar-refractivity contribution in [1.82, 2.24) is 0 Å². The van der Waals surface area contributed by atoms with Crippen LogP contribution in [-0.2, 0) is 14.3 Å². The number of carbonyl (C=O) groups is 2. The largest absolute Gasteiger partial charge is 0.481 e. The highest BCUT2D eigenvalue weighted by Gasteiger charge is 2.35. The third kappa shape index (κ3) is 2.08. The number of aliphatic carboxylic acids is 1. The van der Waals surface area contributed by atoms with E-state index >= 15 is 0 Å². The standard InChI is InChI=1S/C9H12O4/c1-13-9(12)7(8(10)11)6-4-2-3-5-6/h2,4,6-7H,3,5H2,1H3,(H,10,11)/t6-,7?/m0/s1. The maximum Gasteiger partial charge on any atom is 0.320 e. The van der Waals surface area contributed by atoms with E-state index in [1.54, 1.807) is 6.08 Å². The highest BCUT2D eigenvalue weighted by atomic mass is 16.5. The van der Waals surface area contributed by atoms with Crippen molar-refractivity contribution < 1.29 is 19.4 Å². The van der Waals surface area contributed by atoms with Gasteiger partial charge < -0.3 is 9.84 Å². The molecule has 4 nitrogen and oxygen atoms in total. The Kier molecular flexibility index (Phi) is 3.06. The van der Waals surface area contributed by atoms with Crippen LogP contribution in [0.25, 0.3) is 0 Å². The number of allylic oxidation sites excluding steroid dienone is 2. The van der Waals surface area contributed by atoms with Gasteiger partial charge in [-0.15, -0.1) is 0 Å². The molecule has 2 atom stereocenters. The predicted octanol–water partition coefficient (Wildman–Crippen LogP) is 0.826. The number of esters is 1. The van der Waals surface area contributed by atoms with Crippen LogP contribution in [0.1, 0.15) is 12.8 Å². The van der Waals surface area contributed by atoms with Gasteiger partial charge in [0.05, 0.1) is 7.11 Å². The third-order valence-electron chi connectivity index (χ3n) is 2.20. The zero-order valence-electron chi connectivity index (χ0n) is 7.40. The number of methoxy groups -OCH3 is 1. The average molecular weight is 184 g/mol. The molecule has 0 saturated carbocycles. The Morgan fingerprint density at radius 3 is 2.69 bits per heavy atom. The first kappa shape index (κ1) is 9.77. The molecular weight excluding hydrogens is 172 g/mol. The minimum absolute atomic E-state index is 0.204. The van der Waals surface area contributed by atoms with Crippen LogP contribution >= 0.6 is 0 Å². The van der Waals surface area contributed by atoms with Crippen molar-refractivity contribution in [1.29, 1.82) is 0 Å². The van der Waals surface area contributed by atoms with E-state index in [1.807, 2.05) is 6.08 Å². The lowest BCUT2D eigenvalue weighted by Crippen LogP contribution is -2.30. The van der Waals surface area contributed by atoms with Gasteiger partial charge in [0.1, 0.15) is 0 Å². The van der Waals surface area contributed by atoms with Gasteiger partial charge in [0.2, 0.25) is 0 Å². The van der Waals surface area contributed by atoms with Crippen LogP contribution in [-0.4, -0.2) is 24.2 Å². The van der Waals surface area contributed by atoms with E-state index in [1.165, 1.54) is 7.11 Å². The molecule has 0 aromatic heterocycles. The smallest absolute Gasteiger partial charge is 0.320 e. The Balaban J connectivity index is 2.72. The maximum absolute atomic E-state index is 11.1. The van der Waals surface area contributed by atoms with E-state index in [9.17, 15) is 9.59 Å². The number of carboxylic acid groups (broad SMARTS) is 1. The molecule has 72 valence electrons. The summed E-state index contributed by atoms with van der Waals surface area (Å²) < 4.78 is 4.43. The zero-order valence-corrected chi connectivity index (χ0v) is 7.40. The molecule has 0 heterocycles. The topological polar surface area (TPSA) is 63.6 Å². The highest BCUT2D eigenvalue weighted by molar-refractivity contribution is 5.94. The lowest BCUT2D eigenvalue weighted by atomic mass is 9.92. The molecule has 0 bridgehead atoms. The minimum Gasteiger partial charge on any atom is -0.481 e. The van der Waals surface area contributed by atoms with Crippen molar-refractivity contribution in [3.8, 4) is 0 Å². The van der Waals surface area contributed by atoms with E-state index < -0.39 is 17.9 Å². The molecule has 1 rings (SSSR count). The third-order valence-corrected chi connectivity index (χ3v) is 2.20. The highest BCUT2D eigenvalue weighted by Crippen LogP contribution is 2.26. The molecule has 0 saturated heterocycles. The summed E-state index contributed by atoms with van der Waals surface area (Å²) in [7, 11) is 1.21. The molecule has 13 heavy (non-hydrogen) atoms. The van der Waals surface area contributed by atoms with Gasteiger partial charge >= 0.3 is 11.9 Å². The van der Waals surface area contributed by atoms with Gasteiger partial charge in [-0.25, -0.2) is 0 Å². The van der Waals surface area contributed by atoms with Gasteiger partial charge in [0, 0.05) is 5.92 Å². The number of hydrogen-bond acceptors (Lipinski definition) is 3. The number of rotatable bonds is 3. The van der Waals surface area contributed by atoms with Crippen LogP contribution in [0.15, 0.2) is 12.2 Å². The number of ether oxygens (including phenoxy) is 1. The molecule has 0 fully saturated rings. The van der Waals surface area contributed by atoms with Crippen molar-refractivity contribution in [3.05, 3.63) is 12.2 Å². The number of hydrogen-bond donors (Lipinski definition) is 1. The molecule has 4 heteroatoms. The van der Waals surface area contributed by atoms with Crippen LogP contribution in [0.5, 0.6) is 0 Å². The number of carbonyl (C=O) groups excluding carboxylic acids is 1. The lowest BCUT2D eigenvalue weighted by Gasteiger charge is -2.14. The summed E-state index contributed by atoms with van der Waals surface area (Å²) in [5.41, 5.74) is 0. The minimum atomic E-state index is -1.11. The molecule has 0 aromatic carbocycles. The zero-order chi connectivity index (χ0) is 9.84. The summed E-state index contributed by atoms with van der Waals surface area (Å²) in [4.78, 5) is 21.9. The Morgan fingerprint density at radius 1 is 1.62 bits per heavy atom. The van der Waals surface area contributed by atoms with Crippen LogP contribution in [0, 0.1) is 11.8 Å². The fourth-order valence-corrected chi connectivity index (χ4v) is 1.52. The van der Waals surface area contributed by atoms with E-state index in [-0.39, 0.29) is 5.92 Å². The average Bonchev–Trinajstić information content (AvgIpc) is 2.56. The second kappa shape index (κ2) is 4.07. The number of carboxylic acids is 1. The summed E-state index contributed by atoms with van der Waals surface area (Å²) in [6, 6.07) is 0.